The number of nitrogens with zero attached hydrogens (tertiary/aromatic N) is 1. The van der Waals surface area contributed by atoms with Crippen LogP contribution in [0.5, 0.6) is 0 Å². The molecule has 1 unspecified atom stereocenters. The van der Waals surface area contributed by atoms with Crippen molar-refractivity contribution in [3.63, 3.8) is 0 Å². The van der Waals surface area contributed by atoms with Crippen LogP contribution in [-0.2, 0) is 21.3 Å². The lowest BCUT2D eigenvalue weighted by atomic mass is 10.1. The van der Waals surface area contributed by atoms with Gasteiger partial charge >= 0.3 is 0 Å². The molecule has 30 heavy (non-hydrogen) atoms. The molecule has 4 rings (SSSR count). The number of carbonyl (C=O) groups is 1. The zero-order chi connectivity index (χ0) is 20.9. The fraction of sp³-hybridized carbons (Fsp3) is 0.304. The maximum absolute atomic E-state index is 12.6. The van der Waals surface area contributed by atoms with Gasteiger partial charge in [0, 0.05) is 52.3 Å². The lowest BCUT2D eigenvalue weighted by Crippen LogP contribution is -2.25. The molecule has 0 bridgehead atoms. The van der Waals surface area contributed by atoms with Gasteiger partial charge in [0.25, 0.3) is 5.91 Å². The fourth-order valence-electron chi connectivity index (χ4n) is 3.40. The third-order valence-electron chi connectivity index (χ3n) is 5.12. The molecule has 1 fully saturated rings. The molecule has 0 saturated carbocycles. The Kier molecular flexibility index (Phi) is 6.40. The first-order chi connectivity index (χ1) is 14.6. The van der Waals surface area contributed by atoms with Crippen molar-refractivity contribution in [1.82, 2.24) is 5.16 Å². The number of nitrogens with one attached hydrogen (secondary N) is 1. The minimum atomic E-state index is -0.955. The van der Waals surface area contributed by atoms with Crippen molar-refractivity contribution in [3.05, 3.63) is 71.5 Å². The Morgan fingerprint density at radius 3 is 2.67 bits per heavy atom. The summed E-state index contributed by atoms with van der Waals surface area (Å²) in [6, 6.07) is 16.9. The average molecular weight is 425 g/mol. The van der Waals surface area contributed by atoms with Gasteiger partial charge in [0.05, 0.1) is 0 Å². The molecule has 6 nitrogen and oxygen atoms in total. The van der Waals surface area contributed by atoms with E-state index in [1.807, 2.05) is 49.4 Å². The van der Waals surface area contributed by atoms with E-state index in [4.69, 9.17) is 9.26 Å². The van der Waals surface area contributed by atoms with Crippen molar-refractivity contribution < 1.29 is 18.3 Å². The summed E-state index contributed by atoms with van der Waals surface area (Å²) in [6.45, 7) is 3.36. The van der Waals surface area contributed by atoms with Crippen LogP contribution in [0.3, 0.4) is 0 Å². The fourth-order valence-corrected chi connectivity index (χ4v) is 4.86. The molecule has 0 spiro atoms. The van der Waals surface area contributed by atoms with Crippen molar-refractivity contribution in [1.29, 1.82) is 0 Å². The molecule has 1 N–H and O–H groups in total. The predicted octanol–water partition coefficient (Wildman–Crippen LogP) is 4.33. The van der Waals surface area contributed by atoms with Gasteiger partial charge in [-0.05, 0) is 37.5 Å². The van der Waals surface area contributed by atoms with Gasteiger partial charge in [-0.3, -0.25) is 9.00 Å². The SMILES string of the molecule is Cc1ccc(-c2cc(C(=O)Nc3cccc(CS(=O)C4CCOCC4)c3)on2)cc1. The van der Waals surface area contributed by atoms with Gasteiger partial charge in [0.2, 0.25) is 5.76 Å². The van der Waals surface area contributed by atoms with Crippen LogP contribution in [0.1, 0.15) is 34.5 Å². The van der Waals surface area contributed by atoms with Crippen molar-refractivity contribution in [2.75, 3.05) is 18.5 Å². The highest BCUT2D eigenvalue weighted by Crippen LogP contribution is 2.22. The van der Waals surface area contributed by atoms with Crippen LogP contribution in [0.15, 0.2) is 59.1 Å². The number of hydrogen-bond acceptors (Lipinski definition) is 5. The number of hydrogen-bond donors (Lipinski definition) is 1. The van der Waals surface area contributed by atoms with Crippen molar-refractivity contribution >= 4 is 22.4 Å². The molecule has 1 amide bonds. The van der Waals surface area contributed by atoms with Crippen LogP contribution in [0.4, 0.5) is 5.69 Å². The Morgan fingerprint density at radius 1 is 1.13 bits per heavy atom. The number of aromatic nitrogens is 1. The number of carbonyl (C=O) groups excluding carboxylic acids is 1. The molecular weight excluding hydrogens is 400 g/mol. The van der Waals surface area contributed by atoms with Crippen LogP contribution >= 0.6 is 0 Å². The first-order valence-corrected chi connectivity index (χ1v) is 11.4. The predicted molar refractivity (Wildman–Crippen MR) is 117 cm³/mol. The number of benzene rings is 2. The van der Waals surface area contributed by atoms with E-state index in [1.165, 1.54) is 0 Å². The Balaban J connectivity index is 1.40. The van der Waals surface area contributed by atoms with Crippen LogP contribution < -0.4 is 5.32 Å². The van der Waals surface area contributed by atoms with E-state index in [9.17, 15) is 9.00 Å². The maximum atomic E-state index is 12.6. The largest absolute Gasteiger partial charge is 0.381 e. The highest BCUT2D eigenvalue weighted by Gasteiger charge is 2.20. The first kappa shape index (κ1) is 20.5. The molecule has 1 atom stereocenters. The summed E-state index contributed by atoms with van der Waals surface area (Å²) in [5.74, 6) is 0.235. The van der Waals surface area contributed by atoms with Crippen LogP contribution in [0.2, 0.25) is 0 Å². The van der Waals surface area contributed by atoms with E-state index in [0.717, 1.165) is 29.5 Å². The summed E-state index contributed by atoms with van der Waals surface area (Å²) in [4.78, 5) is 12.6. The Bertz CT molecular complexity index is 1040. The lowest BCUT2D eigenvalue weighted by Gasteiger charge is -2.21. The van der Waals surface area contributed by atoms with Gasteiger partial charge in [-0.2, -0.15) is 0 Å². The van der Waals surface area contributed by atoms with Crippen molar-refractivity contribution in [2.24, 2.45) is 0 Å². The summed E-state index contributed by atoms with van der Waals surface area (Å²) < 4.78 is 23.2. The topological polar surface area (TPSA) is 81.4 Å². The highest BCUT2D eigenvalue weighted by atomic mass is 32.2. The molecule has 1 aliphatic heterocycles. The minimum absolute atomic E-state index is 0.141. The van der Waals surface area contributed by atoms with E-state index < -0.39 is 10.8 Å². The second-order valence-corrected chi connectivity index (χ2v) is 9.15. The molecule has 1 saturated heterocycles. The van der Waals surface area contributed by atoms with Gasteiger partial charge in [-0.1, -0.05) is 47.1 Å². The minimum Gasteiger partial charge on any atom is -0.381 e. The monoisotopic (exact) mass is 424 g/mol. The summed E-state index contributed by atoms with van der Waals surface area (Å²) >= 11 is 0. The molecular formula is C23H24N2O4S. The third kappa shape index (κ3) is 5.04. The Hall–Kier alpha value is -2.77. The van der Waals surface area contributed by atoms with Crippen molar-refractivity contribution in [3.8, 4) is 11.3 Å². The van der Waals surface area contributed by atoms with Gasteiger partial charge in [-0.15, -0.1) is 0 Å². The van der Waals surface area contributed by atoms with E-state index >= 15 is 0 Å². The molecule has 1 aromatic heterocycles. The van der Waals surface area contributed by atoms with E-state index in [0.29, 0.717) is 30.3 Å². The summed E-state index contributed by atoms with van der Waals surface area (Å²) in [7, 11) is -0.955. The smallest absolute Gasteiger partial charge is 0.294 e. The Labute approximate surface area is 178 Å². The molecule has 7 heteroatoms. The number of rotatable bonds is 6. The number of amides is 1. The maximum Gasteiger partial charge on any atom is 0.294 e. The Morgan fingerprint density at radius 2 is 1.90 bits per heavy atom. The van der Waals surface area contributed by atoms with Gasteiger partial charge < -0.3 is 14.6 Å². The third-order valence-corrected chi connectivity index (χ3v) is 6.95. The summed E-state index contributed by atoms with van der Waals surface area (Å²) in [6.07, 6.45) is 1.66. The summed E-state index contributed by atoms with van der Waals surface area (Å²) in [5, 5.41) is 7.01. The zero-order valence-electron chi connectivity index (χ0n) is 16.8. The second kappa shape index (κ2) is 9.36. The van der Waals surface area contributed by atoms with Crippen LogP contribution in [0.25, 0.3) is 11.3 Å². The van der Waals surface area contributed by atoms with Crippen LogP contribution in [0, 0.1) is 6.92 Å². The molecule has 156 valence electrons. The number of ether oxygens (including phenoxy) is 1. The molecule has 0 aliphatic carbocycles. The van der Waals surface area contributed by atoms with Gasteiger partial charge in [0.1, 0.15) is 5.69 Å². The highest BCUT2D eigenvalue weighted by molar-refractivity contribution is 7.84. The molecule has 3 aromatic rings. The summed E-state index contributed by atoms with van der Waals surface area (Å²) in [5.41, 5.74) is 4.21. The van der Waals surface area contributed by atoms with Gasteiger partial charge in [0.15, 0.2) is 0 Å². The zero-order valence-corrected chi connectivity index (χ0v) is 17.6. The van der Waals surface area contributed by atoms with Crippen molar-refractivity contribution in [2.45, 2.75) is 30.8 Å². The molecule has 2 aromatic carbocycles. The van der Waals surface area contributed by atoms with Crippen LogP contribution in [-0.4, -0.2) is 33.7 Å². The number of anilines is 1. The van der Waals surface area contributed by atoms with E-state index in [1.54, 1.807) is 12.1 Å². The number of aryl methyl sites for hydroxylation is 1. The standard InChI is InChI=1S/C23H24N2O4S/c1-16-5-7-18(8-6-16)21-14-22(29-25-21)23(26)24-19-4-2-3-17(13-19)15-30(27)20-9-11-28-12-10-20/h2-8,13-14,20H,9-12,15H2,1H3,(H,24,26). The van der Waals surface area contributed by atoms with E-state index in [2.05, 4.69) is 10.5 Å². The molecule has 2 heterocycles. The lowest BCUT2D eigenvalue weighted by molar-refractivity contribution is 0.0987. The average Bonchev–Trinajstić information content (AvgIpc) is 3.26. The second-order valence-electron chi connectivity index (χ2n) is 7.43. The normalized spacial score (nSPS) is 15.6. The van der Waals surface area contributed by atoms with E-state index in [-0.39, 0.29) is 16.9 Å². The molecule has 1 aliphatic rings. The van der Waals surface area contributed by atoms with Gasteiger partial charge in [-0.25, -0.2) is 0 Å². The molecule has 0 radical (unpaired) electrons. The first-order valence-electron chi connectivity index (χ1n) is 9.97. The quantitative estimate of drug-likeness (QED) is 0.637.